The number of hydrogen-bond donors (Lipinski definition) is 0. The van der Waals surface area contributed by atoms with Crippen molar-refractivity contribution in [3.8, 4) is 0 Å². The highest BCUT2D eigenvalue weighted by Crippen LogP contribution is 2.21. The monoisotopic (exact) mass is 327 g/mol. The van der Waals surface area contributed by atoms with Gasteiger partial charge in [0, 0.05) is 24.6 Å². The van der Waals surface area contributed by atoms with Gasteiger partial charge in [0.15, 0.2) is 0 Å². The molecule has 1 aromatic heterocycles. The zero-order chi connectivity index (χ0) is 16.9. The number of fused-ring (bicyclic) bond motifs is 1. The first-order valence-electron chi connectivity index (χ1n) is 8.29. The molecule has 0 N–H and O–H groups in total. The van der Waals surface area contributed by atoms with Crippen LogP contribution in [0.4, 0.5) is 0 Å². The lowest BCUT2D eigenvalue weighted by molar-refractivity contribution is -0.150. The molecule has 24 heavy (non-hydrogen) atoms. The van der Waals surface area contributed by atoms with Crippen molar-refractivity contribution in [3.05, 3.63) is 42.2 Å². The van der Waals surface area contributed by atoms with Crippen LogP contribution in [-0.2, 0) is 14.3 Å². The van der Waals surface area contributed by atoms with Crippen LogP contribution in [0.25, 0.3) is 17.0 Å². The van der Waals surface area contributed by atoms with E-state index in [0.717, 1.165) is 11.0 Å². The van der Waals surface area contributed by atoms with Crippen LogP contribution in [0.3, 0.4) is 0 Å². The number of ether oxygens (including phenoxy) is 1. The summed E-state index contributed by atoms with van der Waals surface area (Å²) in [5.74, 6) is 0.361. The molecule has 0 unspecified atom stereocenters. The second-order valence-electron chi connectivity index (χ2n) is 5.87. The van der Waals surface area contributed by atoms with Gasteiger partial charge < -0.3 is 14.1 Å². The van der Waals surface area contributed by atoms with Crippen molar-refractivity contribution in [2.75, 3.05) is 19.7 Å². The van der Waals surface area contributed by atoms with E-state index in [0.29, 0.717) is 38.3 Å². The van der Waals surface area contributed by atoms with E-state index in [9.17, 15) is 9.59 Å². The summed E-state index contributed by atoms with van der Waals surface area (Å²) in [6.45, 7) is 3.36. The van der Waals surface area contributed by atoms with Crippen LogP contribution in [0.1, 0.15) is 25.5 Å². The number of nitrogens with zero attached hydrogens (tertiary/aromatic N) is 1. The minimum absolute atomic E-state index is 0.0576. The Kier molecular flexibility index (Phi) is 4.99. The van der Waals surface area contributed by atoms with Crippen molar-refractivity contribution in [1.29, 1.82) is 0 Å². The summed E-state index contributed by atoms with van der Waals surface area (Å²) in [4.78, 5) is 25.7. The maximum absolute atomic E-state index is 12.3. The predicted octanol–water partition coefficient (Wildman–Crippen LogP) is 3.25. The van der Waals surface area contributed by atoms with E-state index < -0.39 is 0 Å². The topological polar surface area (TPSA) is 59.8 Å². The molecule has 0 radical (unpaired) electrons. The Labute approximate surface area is 140 Å². The quantitative estimate of drug-likeness (QED) is 0.639. The van der Waals surface area contributed by atoms with Crippen molar-refractivity contribution in [2.45, 2.75) is 19.8 Å². The lowest BCUT2D eigenvalue weighted by Gasteiger charge is -2.30. The summed E-state index contributed by atoms with van der Waals surface area (Å²) in [5, 5.41) is 1.01. The van der Waals surface area contributed by atoms with Crippen LogP contribution in [0.15, 0.2) is 40.8 Å². The number of carbonyl (C=O) groups is 2. The van der Waals surface area contributed by atoms with E-state index in [1.165, 1.54) is 6.08 Å². The van der Waals surface area contributed by atoms with E-state index in [2.05, 4.69) is 0 Å². The highest BCUT2D eigenvalue weighted by atomic mass is 16.5. The molecule has 5 nitrogen and oxygen atoms in total. The molecule has 1 amide bonds. The lowest BCUT2D eigenvalue weighted by Crippen LogP contribution is -2.39. The van der Waals surface area contributed by atoms with Gasteiger partial charge in [-0.2, -0.15) is 0 Å². The summed E-state index contributed by atoms with van der Waals surface area (Å²) in [5.41, 5.74) is 0.805. The van der Waals surface area contributed by atoms with Crippen molar-refractivity contribution in [2.24, 2.45) is 5.92 Å². The molecule has 1 saturated heterocycles. The first-order valence-corrected chi connectivity index (χ1v) is 8.29. The second kappa shape index (κ2) is 7.34. The number of amides is 1. The Balaban J connectivity index is 1.56. The third-order valence-corrected chi connectivity index (χ3v) is 4.26. The van der Waals surface area contributed by atoms with Gasteiger partial charge in [0.2, 0.25) is 5.91 Å². The maximum Gasteiger partial charge on any atom is 0.309 e. The van der Waals surface area contributed by atoms with Crippen molar-refractivity contribution >= 4 is 28.9 Å². The summed E-state index contributed by atoms with van der Waals surface area (Å²) in [6.07, 6.45) is 4.54. The standard InChI is InChI=1S/C19H21NO4/c1-2-23-19(22)14-9-11-20(12-10-14)18(21)8-7-16-13-15-5-3-4-6-17(15)24-16/h3-8,13-14H,2,9-12H2,1H3. The number of para-hydroxylation sites is 1. The van der Waals surface area contributed by atoms with Gasteiger partial charge in [-0.3, -0.25) is 9.59 Å². The van der Waals surface area contributed by atoms with E-state index in [1.807, 2.05) is 30.3 Å². The normalized spacial score (nSPS) is 16.0. The summed E-state index contributed by atoms with van der Waals surface area (Å²) in [6, 6.07) is 9.64. The Morgan fingerprint density at radius 3 is 2.75 bits per heavy atom. The number of esters is 1. The van der Waals surface area contributed by atoms with Gasteiger partial charge in [0.25, 0.3) is 0 Å². The second-order valence-corrected chi connectivity index (χ2v) is 5.87. The molecule has 5 heteroatoms. The van der Waals surface area contributed by atoms with Crippen molar-refractivity contribution < 1.29 is 18.7 Å². The number of rotatable bonds is 4. The van der Waals surface area contributed by atoms with Crippen LogP contribution in [0.5, 0.6) is 0 Å². The number of piperidine rings is 1. The Morgan fingerprint density at radius 1 is 1.29 bits per heavy atom. The highest BCUT2D eigenvalue weighted by molar-refractivity contribution is 5.92. The molecule has 2 aromatic rings. The molecule has 1 aliphatic heterocycles. The summed E-state index contributed by atoms with van der Waals surface area (Å²) >= 11 is 0. The molecule has 2 heterocycles. The number of benzene rings is 1. The fraction of sp³-hybridized carbons (Fsp3) is 0.368. The van der Waals surface area contributed by atoms with Gasteiger partial charge in [-0.15, -0.1) is 0 Å². The molecule has 3 rings (SSSR count). The number of likely N-dealkylation sites (tertiary alicyclic amines) is 1. The van der Waals surface area contributed by atoms with E-state index in [-0.39, 0.29) is 17.8 Å². The molecule has 1 fully saturated rings. The SMILES string of the molecule is CCOC(=O)C1CCN(C(=O)C=Cc2cc3ccccc3o2)CC1. The number of furan rings is 1. The molecular weight excluding hydrogens is 306 g/mol. The Hall–Kier alpha value is -2.56. The van der Waals surface area contributed by atoms with Gasteiger partial charge in [0.1, 0.15) is 11.3 Å². The smallest absolute Gasteiger partial charge is 0.309 e. The third-order valence-electron chi connectivity index (χ3n) is 4.26. The minimum Gasteiger partial charge on any atom is -0.466 e. The zero-order valence-corrected chi connectivity index (χ0v) is 13.7. The van der Waals surface area contributed by atoms with Gasteiger partial charge in [0.05, 0.1) is 12.5 Å². The maximum atomic E-state index is 12.3. The summed E-state index contributed by atoms with van der Waals surface area (Å²) < 4.78 is 10.7. The average molecular weight is 327 g/mol. The first-order chi connectivity index (χ1) is 11.7. The molecule has 1 aliphatic rings. The van der Waals surface area contributed by atoms with Gasteiger partial charge in [-0.25, -0.2) is 0 Å². The molecule has 126 valence electrons. The Morgan fingerprint density at radius 2 is 2.04 bits per heavy atom. The van der Waals surface area contributed by atoms with Crippen LogP contribution < -0.4 is 0 Å². The number of carbonyl (C=O) groups excluding carboxylic acids is 2. The molecule has 0 aliphatic carbocycles. The lowest BCUT2D eigenvalue weighted by atomic mass is 9.97. The van der Waals surface area contributed by atoms with Gasteiger partial charge in [-0.05, 0) is 38.0 Å². The largest absolute Gasteiger partial charge is 0.466 e. The van der Waals surface area contributed by atoms with Crippen LogP contribution in [0, 0.1) is 5.92 Å². The van der Waals surface area contributed by atoms with Gasteiger partial charge in [-0.1, -0.05) is 18.2 Å². The summed E-state index contributed by atoms with van der Waals surface area (Å²) in [7, 11) is 0. The third kappa shape index (κ3) is 3.67. The fourth-order valence-corrected chi connectivity index (χ4v) is 2.94. The van der Waals surface area contributed by atoms with E-state index in [4.69, 9.17) is 9.15 Å². The van der Waals surface area contributed by atoms with E-state index >= 15 is 0 Å². The van der Waals surface area contributed by atoms with Crippen molar-refractivity contribution in [1.82, 2.24) is 4.90 Å². The molecule has 0 spiro atoms. The number of hydrogen-bond acceptors (Lipinski definition) is 4. The molecule has 0 atom stereocenters. The van der Waals surface area contributed by atoms with E-state index in [1.54, 1.807) is 17.9 Å². The molecule has 0 saturated carbocycles. The average Bonchev–Trinajstić information content (AvgIpc) is 3.03. The first kappa shape index (κ1) is 16.3. The zero-order valence-electron chi connectivity index (χ0n) is 13.7. The van der Waals surface area contributed by atoms with Crippen LogP contribution >= 0.6 is 0 Å². The Bertz CT molecular complexity index is 721. The van der Waals surface area contributed by atoms with Crippen molar-refractivity contribution in [3.63, 3.8) is 0 Å². The fourth-order valence-electron chi connectivity index (χ4n) is 2.94. The van der Waals surface area contributed by atoms with Gasteiger partial charge >= 0.3 is 5.97 Å². The molecule has 1 aromatic carbocycles. The highest BCUT2D eigenvalue weighted by Gasteiger charge is 2.27. The molecule has 0 bridgehead atoms. The minimum atomic E-state index is -0.151. The molecular formula is C19H21NO4. The van der Waals surface area contributed by atoms with Crippen LogP contribution in [0.2, 0.25) is 0 Å². The predicted molar refractivity (Wildman–Crippen MR) is 91.2 cm³/mol. The van der Waals surface area contributed by atoms with Crippen LogP contribution in [-0.4, -0.2) is 36.5 Å².